The van der Waals surface area contributed by atoms with Crippen molar-refractivity contribution in [3.8, 4) is 5.75 Å². The number of benzene rings is 1. The first-order chi connectivity index (χ1) is 11.7. The molecule has 3 rings (SSSR count). The van der Waals surface area contributed by atoms with Crippen LogP contribution in [-0.4, -0.2) is 53.3 Å². The lowest BCUT2D eigenvalue weighted by molar-refractivity contribution is -0.123. The fraction of sp³-hybridized carbons (Fsp3) is 0.471. The molecule has 6 nitrogen and oxygen atoms in total. The number of piperidine rings is 1. The third kappa shape index (κ3) is 4.15. The van der Waals surface area contributed by atoms with Gasteiger partial charge in [0.05, 0.1) is 24.3 Å². The van der Waals surface area contributed by atoms with E-state index in [4.69, 9.17) is 10.5 Å². The summed E-state index contributed by atoms with van der Waals surface area (Å²) in [7, 11) is 1.65. The number of carbonyl (C=O) groups excluding carboxylic acids is 1. The Balaban J connectivity index is 1.52. The minimum absolute atomic E-state index is 0.0511. The zero-order valence-corrected chi connectivity index (χ0v) is 14.6. The van der Waals surface area contributed by atoms with Gasteiger partial charge in [-0.05, 0) is 38.1 Å². The van der Waals surface area contributed by atoms with Crippen LogP contribution < -0.4 is 10.5 Å². The van der Waals surface area contributed by atoms with Crippen LogP contribution in [0, 0.1) is 5.92 Å². The Morgan fingerprint density at radius 2 is 2.17 bits per heavy atom. The van der Waals surface area contributed by atoms with Crippen molar-refractivity contribution >= 4 is 28.7 Å². The summed E-state index contributed by atoms with van der Waals surface area (Å²) in [6.07, 6.45) is 3.56. The monoisotopic (exact) mass is 346 g/mol. The average Bonchev–Trinajstić information content (AvgIpc) is 2.61. The molecule has 7 heteroatoms. The molecule has 2 heterocycles. The summed E-state index contributed by atoms with van der Waals surface area (Å²) < 4.78 is 5.23. The van der Waals surface area contributed by atoms with Crippen molar-refractivity contribution in [3.05, 3.63) is 24.4 Å². The molecule has 1 aliphatic rings. The molecule has 0 saturated carbocycles. The Hall–Kier alpha value is -1.86. The standard InChI is InChI=1S/C17H22N4O2S/c1-23-13-2-3-14-15(10-13)20-16(11-19-14)24-9-8-21-6-4-12(5-7-21)17(18)22/h2-3,10-12H,4-9H2,1H3,(H2,18,22). The van der Waals surface area contributed by atoms with E-state index in [-0.39, 0.29) is 11.8 Å². The first-order valence-corrected chi connectivity index (χ1v) is 9.09. The van der Waals surface area contributed by atoms with E-state index in [0.717, 1.165) is 60.0 Å². The predicted octanol–water partition coefficient (Wildman–Crippen LogP) is 1.93. The molecule has 2 N–H and O–H groups in total. The molecule has 24 heavy (non-hydrogen) atoms. The van der Waals surface area contributed by atoms with Crippen molar-refractivity contribution in [3.63, 3.8) is 0 Å². The Bertz CT molecular complexity index is 717. The number of likely N-dealkylation sites (tertiary alicyclic amines) is 1. The molecule has 0 radical (unpaired) electrons. The molecule has 0 spiro atoms. The number of carbonyl (C=O) groups is 1. The number of hydrogen-bond donors (Lipinski definition) is 1. The van der Waals surface area contributed by atoms with Crippen LogP contribution in [0.4, 0.5) is 0 Å². The largest absolute Gasteiger partial charge is 0.497 e. The van der Waals surface area contributed by atoms with Crippen molar-refractivity contribution in [1.29, 1.82) is 0 Å². The highest BCUT2D eigenvalue weighted by molar-refractivity contribution is 7.99. The van der Waals surface area contributed by atoms with Gasteiger partial charge in [-0.3, -0.25) is 9.78 Å². The molecule has 0 unspecified atom stereocenters. The van der Waals surface area contributed by atoms with Crippen LogP contribution >= 0.6 is 11.8 Å². The van der Waals surface area contributed by atoms with Gasteiger partial charge in [0, 0.05) is 24.3 Å². The number of ether oxygens (including phenoxy) is 1. The fourth-order valence-electron chi connectivity index (χ4n) is 2.89. The molecule has 0 aliphatic carbocycles. The minimum atomic E-state index is -0.161. The number of thioether (sulfide) groups is 1. The van der Waals surface area contributed by atoms with Crippen LogP contribution in [0.5, 0.6) is 5.75 Å². The van der Waals surface area contributed by atoms with Crippen molar-refractivity contribution in [2.45, 2.75) is 17.9 Å². The predicted molar refractivity (Wildman–Crippen MR) is 95.2 cm³/mol. The zero-order valence-electron chi connectivity index (χ0n) is 13.8. The summed E-state index contributed by atoms with van der Waals surface area (Å²) >= 11 is 1.70. The van der Waals surface area contributed by atoms with Gasteiger partial charge in [-0.1, -0.05) is 0 Å². The second-order valence-electron chi connectivity index (χ2n) is 5.93. The lowest BCUT2D eigenvalue weighted by Gasteiger charge is -2.30. The molecule has 1 fully saturated rings. The summed E-state index contributed by atoms with van der Waals surface area (Å²) in [4.78, 5) is 22.7. The van der Waals surface area contributed by atoms with Crippen molar-refractivity contribution in [2.24, 2.45) is 11.7 Å². The highest BCUT2D eigenvalue weighted by atomic mass is 32.2. The summed E-state index contributed by atoms with van der Waals surface area (Å²) in [5.41, 5.74) is 7.09. The van der Waals surface area contributed by atoms with E-state index in [9.17, 15) is 4.79 Å². The van der Waals surface area contributed by atoms with E-state index in [2.05, 4.69) is 14.9 Å². The van der Waals surface area contributed by atoms with E-state index >= 15 is 0 Å². The van der Waals surface area contributed by atoms with E-state index in [0.29, 0.717) is 0 Å². The van der Waals surface area contributed by atoms with E-state index in [1.54, 1.807) is 18.9 Å². The fourth-order valence-corrected chi connectivity index (χ4v) is 3.74. The average molecular weight is 346 g/mol. The number of rotatable bonds is 6. The molecule has 1 saturated heterocycles. The second kappa shape index (κ2) is 7.81. The highest BCUT2D eigenvalue weighted by Crippen LogP contribution is 2.22. The second-order valence-corrected chi connectivity index (χ2v) is 7.04. The van der Waals surface area contributed by atoms with Gasteiger partial charge in [-0.25, -0.2) is 4.98 Å². The first kappa shape index (κ1) is 17.0. The Kier molecular flexibility index (Phi) is 5.52. The van der Waals surface area contributed by atoms with Crippen molar-refractivity contribution in [1.82, 2.24) is 14.9 Å². The van der Waals surface area contributed by atoms with Gasteiger partial charge in [0.1, 0.15) is 10.8 Å². The van der Waals surface area contributed by atoms with Gasteiger partial charge in [-0.2, -0.15) is 0 Å². The van der Waals surface area contributed by atoms with Crippen molar-refractivity contribution < 1.29 is 9.53 Å². The molecular formula is C17H22N4O2S. The smallest absolute Gasteiger partial charge is 0.220 e. The molecule has 128 valence electrons. The molecule has 1 aromatic carbocycles. The summed E-state index contributed by atoms with van der Waals surface area (Å²) in [5.74, 6) is 1.63. The number of fused-ring (bicyclic) bond motifs is 1. The van der Waals surface area contributed by atoms with E-state index in [1.807, 2.05) is 24.4 Å². The third-order valence-corrected chi connectivity index (χ3v) is 5.25. The number of methoxy groups -OCH3 is 1. The van der Waals surface area contributed by atoms with Crippen LogP contribution in [-0.2, 0) is 4.79 Å². The SMILES string of the molecule is COc1ccc2ncc(SCCN3CCC(C(N)=O)CC3)nc2c1. The molecule has 1 aromatic heterocycles. The summed E-state index contributed by atoms with van der Waals surface area (Å²) in [6, 6.07) is 5.71. The van der Waals surface area contributed by atoms with E-state index < -0.39 is 0 Å². The maximum atomic E-state index is 11.2. The normalized spacial score (nSPS) is 16.4. The molecule has 0 atom stereocenters. The topological polar surface area (TPSA) is 81.3 Å². The Morgan fingerprint density at radius 1 is 1.38 bits per heavy atom. The van der Waals surface area contributed by atoms with Gasteiger partial charge in [-0.15, -0.1) is 11.8 Å². The van der Waals surface area contributed by atoms with Gasteiger partial charge in [0.25, 0.3) is 0 Å². The van der Waals surface area contributed by atoms with Crippen LogP contribution in [0.15, 0.2) is 29.4 Å². The van der Waals surface area contributed by atoms with Gasteiger partial charge in [0.15, 0.2) is 0 Å². The van der Waals surface area contributed by atoms with Gasteiger partial charge < -0.3 is 15.4 Å². The zero-order chi connectivity index (χ0) is 16.9. The van der Waals surface area contributed by atoms with Crippen LogP contribution in [0.1, 0.15) is 12.8 Å². The molecule has 1 amide bonds. The Labute approximate surface area is 145 Å². The molecule has 1 aliphatic heterocycles. The van der Waals surface area contributed by atoms with E-state index in [1.165, 1.54) is 0 Å². The molecule has 2 aromatic rings. The lowest BCUT2D eigenvalue weighted by Crippen LogP contribution is -2.39. The van der Waals surface area contributed by atoms with Gasteiger partial charge >= 0.3 is 0 Å². The first-order valence-electron chi connectivity index (χ1n) is 8.11. The van der Waals surface area contributed by atoms with Gasteiger partial charge in [0.2, 0.25) is 5.91 Å². The highest BCUT2D eigenvalue weighted by Gasteiger charge is 2.22. The van der Waals surface area contributed by atoms with Crippen LogP contribution in [0.3, 0.4) is 0 Å². The maximum Gasteiger partial charge on any atom is 0.220 e. The quantitative estimate of drug-likeness (QED) is 0.805. The number of amides is 1. The minimum Gasteiger partial charge on any atom is -0.497 e. The Morgan fingerprint density at radius 3 is 2.88 bits per heavy atom. The number of nitrogens with two attached hydrogens (primary N) is 1. The summed E-state index contributed by atoms with van der Waals surface area (Å²) in [5, 5.41) is 0.919. The molecule has 0 bridgehead atoms. The third-order valence-electron chi connectivity index (χ3n) is 4.37. The maximum absolute atomic E-state index is 11.2. The summed E-state index contributed by atoms with van der Waals surface area (Å²) in [6.45, 7) is 2.86. The number of aromatic nitrogens is 2. The number of nitrogens with zero attached hydrogens (tertiary/aromatic N) is 3. The number of primary amides is 1. The lowest BCUT2D eigenvalue weighted by atomic mass is 9.96. The van der Waals surface area contributed by atoms with Crippen LogP contribution in [0.25, 0.3) is 11.0 Å². The number of hydrogen-bond acceptors (Lipinski definition) is 6. The van der Waals surface area contributed by atoms with Crippen molar-refractivity contribution in [2.75, 3.05) is 32.5 Å². The van der Waals surface area contributed by atoms with Crippen LogP contribution in [0.2, 0.25) is 0 Å². The molecular weight excluding hydrogens is 324 g/mol.